The first kappa shape index (κ1) is 10.6. The molecule has 0 aromatic heterocycles. The van der Waals surface area contributed by atoms with E-state index < -0.39 is 0 Å². The molecule has 0 aliphatic rings. The summed E-state index contributed by atoms with van der Waals surface area (Å²) < 4.78 is 0. The molecule has 1 N–H and O–H groups in total. The second-order valence-corrected chi connectivity index (χ2v) is 3.22. The summed E-state index contributed by atoms with van der Waals surface area (Å²) in [6.45, 7) is 9.94. The van der Waals surface area contributed by atoms with Crippen LogP contribution in [-0.4, -0.2) is 0 Å². The average Bonchev–Trinajstić information content (AvgIpc) is 1.99. The molecule has 0 aromatic rings. The normalized spacial score (nSPS) is 11.9. The Morgan fingerprint density at radius 2 is 2.18 bits per heavy atom. The van der Waals surface area contributed by atoms with Crippen molar-refractivity contribution in [1.82, 2.24) is 5.32 Å². The Labute approximate surface area is 74.1 Å². The van der Waals surface area contributed by atoms with Crippen LogP contribution in [0, 0.1) is 5.92 Å². The van der Waals surface area contributed by atoms with Crippen molar-refractivity contribution < 1.29 is 0 Å². The van der Waals surface area contributed by atoms with Gasteiger partial charge in [0.25, 0.3) is 0 Å². The van der Waals surface area contributed by atoms with Gasteiger partial charge in [-0.05, 0) is 12.3 Å². The minimum absolute atomic E-state index is 0.383. The van der Waals surface area contributed by atoms with Gasteiger partial charge in [0.1, 0.15) is 0 Å². The van der Waals surface area contributed by atoms with E-state index in [0.717, 1.165) is 17.2 Å². The maximum Gasteiger partial charge on any atom is 0.0366 e. The molecule has 64 valence electrons. The smallest absolute Gasteiger partial charge is 0.0366 e. The molecule has 0 aliphatic heterocycles. The molecule has 0 bridgehead atoms. The highest BCUT2D eigenvalue weighted by molar-refractivity contribution is 6.29. The molecule has 0 atom stereocenters. The summed E-state index contributed by atoms with van der Waals surface area (Å²) in [5, 5.41) is 3.86. The summed E-state index contributed by atoms with van der Waals surface area (Å²) in [6.07, 6.45) is 2.73. The number of allylic oxidation sites excluding steroid dienone is 2. The maximum atomic E-state index is 5.87. The van der Waals surface area contributed by atoms with Crippen molar-refractivity contribution in [3.63, 3.8) is 0 Å². The molecule has 0 rings (SSSR count). The Morgan fingerprint density at radius 1 is 1.64 bits per heavy atom. The minimum Gasteiger partial charge on any atom is -0.364 e. The molecule has 0 aromatic carbocycles. The van der Waals surface area contributed by atoms with Gasteiger partial charge in [0.15, 0.2) is 0 Å². The van der Waals surface area contributed by atoms with Crippen molar-refractivity contribution in [2.24, 2.45) is 5.92 Å². The minimum atomic E-state index is 0.383. The third kappa shape index (κ3) is 4.91. The van der Waals surface area contributed by atoms with E-state index in [4.69, 9.17) is 11.6 Å². The number of halogens is 1. The van der Waals surface area contributed by atoms with Gasteiger partial charge in [-0.1, -0.05) is 39.0 Å². The van der Waals surface area contributed by atoms with Crippen molar-refractivity contribution in [1.29, 1.82) is 0 Å². The van der Waals surface area contributed by atoms with E-state index >= 15 is 0 Å². The van der Waals surface area contributed by atoms with E-state index in [0.29, 0.717) is 5.92 Å². The second-order valence-electron chi connectivity index (χ2n) is 2.79. The first-order valence-electron chi connectivity index (χ1n) is 3.87. The maximum absolute atomic E-state index is 5.87. The van der Waals surface area contributed by atoms with Gasteiger partial charge in [-0.15, -0.1) is 0 Å². The van der Waals surface area contributed by atoms with Gasteiger partial charge in [0, 0.05) is 16.9 Å². The van der Waals surface area contributed by atoms with E-state index in [1.165, 1.54) is 0 Å². The molecule has 11 heavy (non-hydrogen) atoms. The summed E-state index contributed by atoms with van der Waals surface area (Å²) in [4.78, 5) is 0. The Kier molecular flexibility index (Phi) is 5.05. The number of hydrogen-bond donors (Lipinski definition) is 1. The largest absolute Gasteiger partial charge is 0.364 e. The van der Waals surface area contributed by atoms with Crippen LogP contribution in [0.5, 0.6) is 0 Å². The molecule has 0 unspecified atom stereocenters. The van der Waals surface area contributed by atoms with Crippen molar-refractivity contribution in [3.8, 4) is 0 Å². The Morgan fingerprint density at radius 3 is 2.55 bits per heavy atom. The van der Waals surface area contributed by atoms with Crippen LogP contribution in [0.1, 0.15) is 27.2 Å². The van der Waals surface area contributed by atoms with Crippen molar-refractivity contribution >= 4 is 11.6 Å². The fourth-order valence-electron chi connectivity index (χ4n) is 0.440. The number of hydrogen-bond acceptors (Lipinski definition) is 1. The molecular formula is C9H16ClN. The fraction of sp³-hybridized carbons (Fsp3) is 0.556. The Bertz CT molecular complexity index is 159. The van der Waals surface area contributed by atoms with Gasteiger partial charge in [-0.3, -0.25) is 0 Å². The van der Waals surface area contributed by atoms with Gasteiger partial charge in [0.05, 0.1) is 0 Å². The second kappa shape index (κ2) is 5.25. The zero-order valence-electron chi connectivity index (χ0n) is 7.45. The lowest BCUT2D eigenvalue weighted by atomic mass is 10.2. The standard InChI is InChI=1S/C9H16ClN/c1-5-8(4)11-6-9(10)7(2)3/h6-7,11H,4-5H2,1-3H3/b9-6-. The highest BCUT2D eigenvalue weighted by atomic mass is 35.5. The van der Waals surface area contributed by atoms with Crippen LogP contribution in [0.3, 0.4) is 0 Å². The number of nitrogens with one attached hydrogen (secondary N) is 1. The predicted octanol–water partition coefficient (Wildman–Crippen LogP) is 3.24. The van der Waals surface area contributed by atoms with Crippen LogP contribution in [0.15, 0.2) is 23.5 Å². The molecular weight excluding hydrogens is 158 g/mol. The molecule has 1 nitrogen and oxygen atoms in total. The molecule has 0 radical (unpaired) electrons. The zero-order valence-corrected chi connectivity index (χ0v) is 8.20. The SMILES string of the molecule is C=C(CC)N/C=C(\Cl)C(C)C. The third-order valence-electron chi connectivity index (χ3n) is 1.39. The van der Waals surface area contributed by atoms with Gasteiger partial charge >= 0.3 is 0 Å². The van der Waals surface area contributed by atoms with E-state index in [1.54, 1.807) is 6.20 Å². The summed E-state index contributed by atoms with van der Waals surface area (Å²) in [5.74, 6) is 0.383. The van der Waals surface area contributed by atoms with Gasteiger partial charge < -0.3 is 5.32 Å². The monoisotopic (exact) mass is 173 g/mol. The molecule has 2 heteroatoms. The van der Waals surface area contributed by atoms with Crippen molar-refractivity contribution in [2.75, 3.05) is 0 Å². The van der Waals surface area contributed by atoms with E-state index in [2.05, 4.69) is 25.7 Å². The van der Waals surface area contributed by atoms with Gasteiger partial charge in [-0.2, -0.15) is 0 Å². The van der Waals surface area contributed by atoms with Crippen LogP contribution in [0.25, 0.3) is 0 Å². The predicted molar refractivity (Wildman–Crippen MR) is 51.3 cm³/mol. The van der Waals surface area contributed by atoms with E-state index in [-0.39, 0.29) is 0 Å². The van der Waals surface area contributed by atoms with Crippen molar-refractivity contribution in [3.05, 3.63) is 23.5 Å². The van der Waals surface area contributed by atoms with Gasteiger partial charge in [0.2, 0.25) is 0 Å². The summed E-state index contributed by atoms with van der Waals surface area (Å²) in [5.41, 5.74) is 0.990. The summed E-state index contributed by atoms with van der Waals surface area (Å²) in [6, 6.07) is 0. The lowest BCUT2D eigenvalue weighted by Crippen LogP contribution is -2.04. The lowest BCUT2D eigenvalue weighted by Gasteiger charge is -2.05. The molecule has 0 fully saturated rings. The third-order valence-corrected chi connectivity index (χ3v) is 1.94. The van der Waals surface area contributed by atoms with Crippen molar-refractivity contribution in [2.45, 2.75) is 27.2 Å². The lowest BCUT2D eigenvalue weighted by molar-refractivity contribution is 0.799. The van der Waals surface area contributed by atoms with Crippen LogP contribution < -0.4 is 5.32 Å². The van der Waals surface area contributed by atoms with Crippen LogP contribution >= 0.6 is 11.6 Å². The Hall–Kier alpha value is -0.430. The molecule has 0 heterocycles. The Balaban J connectivity index is 3.82. The average molecular weight is 174 g/mol. The van der Waals surface area contributed by atoms with Gasteiger partial charge in [-0.25, -0.2) is 0 Å². The highest BCUT2D eigenvalue weighted by Gasteiger charge is 1.97. The first-order valence-corrected chi connectivity index (χ1v) is 4.25. The highest BCUT2D eigenvalue weighted by Crippen LogP contribution is 2.12. The topological polar surface area (TPSA) is 12.0 Å². The molecule has 0 spiro atoms. The van der Waals surface area contributed by atoms with Crippen LogP contribution in [0.2, 0.25) is 0 Å². The summed E-state index contributed by atoms with van der Waals surface area (Å²) in [7, 11) is 0. The molecule has 0 saturated carbocycles. The summed E-state index contributed by atoms with van der Waals surface area (Å²) >= 11 is 5.87. The molecule has 0 saturated heterocycles. The van der Waals surface area contributed by atoms with E-state index in [1.807, 2.05) is 6.92 Å². The van der Waals surface area contributed by atoms with Crippen LogP contribution in [-0.2, 0) is 0 Å². The first-order chi connectivity index (χ1) is 5.07. The number of rotatable bonds is 4. The quantitative estimate of drug-likeness (QED) is 0.689. The molecule has 0 amide bonds. The fourth-order valence-corrected chi connectivity index (χ4v) is 0.494. The zero-order chi connectivity index (χ0) is 8.85. The van der Waals surface area contributed by atoms with E-state index in [9.17, 15) is 0 Å². The van der Waals surface area contributed by atoms with Crippen LogP contribution in [0.4, 0.5) is 0 Å². The molecule has 0 aliphatic carbocycles.